The van der Waals surface area contributed by atoms with Crippen LogP contribution >= 0.6 is 34.2 Å². The summed E-state index contributed by atoms with van der Waals surface area (Å²) in [5, 5.41) is 9.57. The zero-order valence-electron chi connectivity index (χ0n) is 10.3. The molecule has 1 aliphatic heterocycles. The molecule has 0 spiro atoms. The molecule has 19 heavy (non-hydrogen) atoms. The van der Waals surface area contributed by atoms with Crippen LogP contribution in [0, 0.1) is 8.99 Å². The molecule has 1 aromatic carbocycles. The second-order valence-corrected chi connectivity index (χ2v) is 6.62. The van der Waals surface area contributed by atoms with Gasteiger partial charge in [-0.3, -0.25) is 9.59 Å². The van der Waals surface area contributed by atoms with E-state index in [1.54, 1.807) is 24.0 Å². The van der Waals surface area contributed by atoms with Crippen LogP contribution in [0.25, 0.3) is 0 Å². The van der Waals surface area contributed by atoms with E-state index in [9.17, 15) is 9.59 Å². The zero-order valence-corrected chi connectivity index (χ0v) is 13.2. The molecular formula is C13H13ClINO3. The fourth-order valence-corrected chi connectivity index (χ4v) is 3.08. The van der Waals surface area contributed by atoms with E-state index in [2.05, 4.69) is 22.6 Å². The van der Waals surface area contributed by atoms with Crippen LogP contribution in [0.3, 0.4) is 0 Å². The van der Waals surface area contributed by atoms with Crippen molar-refractivity contribution < 1.29 is 14.7 Å². The van der Waals surface area contributed by atoms with Crippen LogP contribution in [0.5, 0.6) is 0 Å². The van der Waals surface area contributed by atoms with Gasteiger partial charge >= 0.3 is 5.97 Å². The molecule has 6 heteroatoms. The highest BCUT2D eigenvalue weighted by Gasteiger charge is 2.42. The molecule has 0 radical (unpaired) electrons. The fraction of sp³-hybridized carbons (Fsp3) is 0.385. The van der Waals surface area contributed by atoms with Crippen molar-refractivity contribution >= 4 is 46.1 Å². The number of aliphatic carboxylic acids is 1. The maximum Gasteiger partial charge on any atom is 0.311 e. The third-order valence-electron chi connectivity index (χ3n) is 3.44. The number of rotatable bonds is 2. The third-order valence-corrected chi connectivity index (χ3v) is 4.42. The summed E-state index contributed by atoms with van der Waals surface area (Å²) in [6.45, 7) is 2.34. The Morgan fingerprint density at radius 3 is 2.68 bits per heavy atom. The Bertz CT molecular complexity index is 549. The van der Waals surface area contributed by atoms with Gasteiger partial charge in [-0.2, -0.15) is 0 Å². The van der Waals surface area contributed by atoms with Gasteiger partial charge in [-0.25, -0.2) is 0 Å². The van der Waals surface area contributed by atoms with Crippen molar-refractivity contribution in [2.24, 2.45) is 5.41 Å². The molecule has 0 saturated carbocycles. The van der Waals surface area contributed by atoms with Gasteiger partial charge in [0.15, 0.2) is 0 Å². The largest absolute Gasteiger partial charge is 0.481 e. The molecule has 0 aliphatic carbocycles. The molecule has 1 saturated heterocycles. The van der Waals surface area contributed by atoms with E-state index in [0.29, 0.717) is 23.6 Å². The molecule has 1 aliphatic rings. The summed E-state index contributed by atoms with van der Waals surface area (Å²) in [6, 6.07) is 5.22. The van der Waals surface area contributed by atoms with Crippen LogP contribution in [-0.4, -0.2) is 35.0 Å². The standard InChI is InChI=1S/C13H13ClINO3/c1-13(12(18)19)4-5-16(7-13)11(17)9-3-2-8(15)6-10(9)14/h2-3,6H,4-5,7H2,1H3,(H,18,19). The van der Waals surface area contributed by atoms with Gasteiger partial charge in [0.25, 0.3) is 5.91 Å². The van der Waals surface area contributed by atoms with E-state index < -0.39 is 11.4 Å². The molecule has 1 fully saturated rings. The fourth-order valence-electron chi connectivity index (χ4n) is 2.14. The van der Waals surface area contributed by atoms with Gasteiger partial charge in [-0.05, 0) is 54.1 Å². The molecule has 0 aromatic heterocycles. The number of hydrogen-bond acceptors (Lipinski definition) is 2. The average molecular weight is 394 g/mol. The van der Waals surface area contributed by atoms with Crippen molar-refractivity contribution in [1.29, 1.82) is 0 Å². The Labute approximate surface area is 129 Å². The van der Waals surface area contributed by atoms with Gasteiger partial charge < -0.3 is 10.0 Å². The summed E-state index contributed by atoms with van der Waals surface area (Å²) in [7, 11) is 0. The Morgan fingerprint density at radius 2 is 2.16 bits per heavy atom. The SMILES string of the molecule is CC1(C(=O)O)CCN(C(=O)c2ccc(I)cc2Cl)C1. The summed E-state index contributed by atoms with van der Waals surface area (Å²) in [5.41, 5.74) is -0.428. The molecule has 2 rings (SSSR count). The summed E-state index contributed by atoms with van der Waals surface area (Å²) in [4.78, 5) is 25.1. The van der Waals surface area contributed by atoms with Gasteiger partial charge in [-0.15, -0.1) is 0 Å². The van der Waals surface area contributed by atoms with Crippen LogP contribution in [0.15, 0.2) is 18.2 Å². The predicted molar refractivity (Wildman–Crippen MR) is 80.4 cm³/mol. The van der Waals surface area contributed by atoms with Crippen molar-refractivity contribution in [1.82, 2.24) is 4.90 Å². The van der Waals surface area contributed by atoms with Gasteiger partial charge in [-0.1, -0.05) is 11.6 Å². The number of carbonyl (C=O) groups is 2. The molecular weight excluding hydrogens is 381 g/mol. The monoisotopic (exact) mass is 393 g/mol. The number of halogens is 2. The van der Waals surface area contributed by atoms with Gasteiger partial charge in [0.05, 0.1) is 16.0 Å². The molecule has 102 valence electrons. The van der Waals surface area contributed by atoms with Crippen molar-refractivity contribution in [2.45, 2.75) is 13.3 Å². The second-order valence-electron chi connectivity index (χ2n) is 4.97. The maximum atomic E-state index is 12.3. The topological polar surface area (TPSA) is 57.6 Å². The Hall–Kier alpha value is -0.820. The molecule has 1 N–H and O–H groups in total. The summed E-state index contributed by atoms with van der Waals surface area (Å²) in [6.07, 6.45) is 0.468. The Balaban J connectivity index is 2.20. The first-order valence-electron chi connectivity index (χ1n) is 5.81. The number of hydrogen-bond donors (Lipinski definition) is 1. The van der Waals surface area contributed by atoms with Gasteiger partial charge in [0.2, 0.25) is 0 Å². The second kappa shape index (κ2) is 5.28. The minimum atomic E-state index is -0.864. The number of carbonyl (C=O) groups excluding carboxylic acids is 1. The lowest BCUT2D eigenvalue weighted by atomic mass is 9.90. The first-order valence-corrected chi connectivity index (χ1v) is 7.27. The quantitative estimate of drug-likeness (QED) is 0.786. The highest BCUT2D eigenvalue weighted by atomic mass is 127. The molecule has 1 unspecified atom stereocenters. The van der Waals surface area contributed by atoms with Crippen LogP contribution in [0.4, 0.5) is 0 Å². The third kappa shape index (κ3) is 2.86. The highest BCUT2D eigenvalue weighted by molar-refractivity contribution is 14.1. The van der Waals surface area contributed by atoms with Gasteiger partial charge in [0, 0.05) is 16.7 Å². The minimum absolute atomic E-state index is 0.202. The van der Waals surface area contributed by atoms with E-state index in [-0.39, 0.29) is 12.5 Å². The molecule has 1 atom stereocenters. The lowest BCUT2D eigenvalue weighted by molar-refractivity contribution is -0.147. The van der Waals surface area contributed by atoms with Crippen LogP contribution in [0.2, 0.25) is 5.02 Å². The molecule has 4 nitrogen and oxygen atoms in total. The lowest BCUT2D eigenvalue weighted by Crippen LogP contribution is -2.35. The van der Waals surface area contributed by atoms with Crippen LogP contribution in [-0.2, 0) is 4.79 Å². The number of carboxylic acids is 1. The number of benzene rings is 1. The highest BCUT2D eigenvalue weighted by Crippen LogP contribution is 2.32. The summed E-state index contributed by atoms with van der Waals surface area (Å²) >= 11 is 8.19. The number of likely N-dealkylation sites (tertiary alicyclic amines) is 1. The molecule has 1 amide bonds. The first kappa shape index (κ1) is 14.6. The number of nitrogens with zero attached hydrogens (tertiary/aromatic N) is 1. The number of amides is 1. The van der Waals surface area contributed by atoms with E-state index in [1.807, 2.05) is 6.07 Å². The van der Waals surface area contributed by atoms with Crippen LogP contribution in [0.1, 0.15) is 23.7 Å². The molecule has 1 heterocycles. The smallest absolute Gasteiger partial charge is 0.311 e. The van der Waals surface area contributed by atoms with Gasteiger partial charge in [0.1, 0.15) is 0 Å². The lowest BCUT2D eigenvalue weighted by Gasteiger charge is -2.20. The van der Waals surface area contributed by atoms with Crippen molar-refractivity contribution in [3.63, 3.8) is 0 Å². The van der Waals surface area contributed by atoms with Crippen molar-refractivity contribution in [3.8, 4) is 0 Å². The molecule has 0 bridgehead atoms. The first-order chi connectivity index (χ1) is 8.83. The molecule has 1 aromatic rings. The van der Waals surface area contributed by atoms with E-state index in [4.69, 9.17) is 16.7 Å². The minimum Gasteiger partial charge on any atom is -0.481 e. The van der Waals surface area contributed by atoms with Crippen molar-refractivity contribution in [3.05, 3.63) is 32.4 Å². The Kier molecular flexibility index (Phi) is 4.06. The maximum absolute atomic E-state index is 12.3. The zero-order chi connectivity index (χ0) is 14.2. The predicted octanol–water partition coefficient (Wildman–Crippen LogP) is 2.88. The Morgan fingerprint density at radius 1 is 1.47 bits per heavy atom. The van der Waals surface area contributed by atoms with E-state index >= 15 is 0 Å². The van der Waals surface area contributed by atoms with Crippen LogP contribution < -0.4 is 0 Å². The normalized spacial score (nSPS) is 22.6. The number of carboxylic acid groups (broad SMARTS) is 1. The van der Waals surface area contributed by atoms with E-state index in [0.717, 1.165) is 3.57 Å². The summed E-state index contributed by atoms with van der Waals surface area (Å²) in [5.74, 6) is -1.07. The summed E-state index contributed by atoms with van der Waals surface area (Å²) < 4.78 is 0.955. The van der Waals surface area contributed by atoms with Crippen molar-refractivity contribution in [2.75, 3.05) is 13.1 Å². The average Bonchev–Trinajstić information content (AvgIpc) is 2.73. The van der Waals surface area contributed by atoms with E-state index in [1.165, 1.54) is 0 Å².